The molecule has 0 saturated carbocycles. The zero-order chi connectivity index (χ0) is 21.2. The Bertz CT molecular complexity index is 725. The van der Waals surface area contributed by atoms with Gasteiger partial charge >= 0.3 is 5.97 Å². The number of nitrogens with zero attached hydrogens (tertiary/aromatic N) is 1. The molecule has 1 aromatic rings. The van der Waals surface area contributed by atoms with Gasteiger partial charge in [-0.2, -0.15) is 4.31 Å². The topological polar surface area (TPSA) is 92.8 Å². The fourth-order valence-corrected chi connectivity index (χ4v) is 4.01. The first-order valence-electron chi connectivity index (χ1n) is 9.72. The van der Waals surface area contributed by atoms with Crippen LogP contribution in [0, 0.1) is 5.92 Å². The first kappa shape index (κ1) is 24.1. The second kappa shape index (κ2) is 11.8. The highest BCUT2D eigenvalue weighted by Gasteiger charge is 2.21. The van der Waals surface area contributed by atoms with Gasteiger partial charge in [0, 0.05) is 26.1 Å². The second-order valence-corrected chi connectivity index (χ2v) is 8.86. The van der Waals surface area contributed by atoms with Crippen LogP contribution in [0.2, 0.25) is 0 Å². The molecule has 1 amide bonds. The first-order chi connectivity index (χ1) is 13.2. The summed E-state index contributed by atoms with van der Waals surface area (Å²) in [6, 6.07) is 6.50. The van der Waals surface area contributed by atoms with Gasteiger partial charge in [0.1, 0.15) is 0 Å². The number of aryl methyl sites for hydroxylation is 1. The van der Waals surface area contributed by atoms with Gasteiger partial charge in [-0.3, -0.25) is 9.59 Å². The number of ether oxygens (including phenoxy) is 1. The monoisotopic (exact) mass is 412 g/mol. The Hall–Kier alpha value is -1.93. The molecule has 0 aliphatic rings. The summed E-state index contributed by atoms with van der Waals surface area (Å²) in [5, 5.41) is 2.71. The number of sulfonamides is 1. The third-order valence-corrected chi connectivity index (χ3v) is 6.36. The summed E-state index contributed by atoms with van der Waals surface area (Å²) >= 11 is 0. The number of carbonyl (C=O) groups excluding carboxylic acids is 2. The summed E-state index contributed by atoms with van der Waals surface area (Å²) in [7, 11) is -3.48. The molecule has 0 unspecified atom stereocenters. The van der Waals surface area contributed by atoms with Crippen LogP contribution in [-0.4, -0.2) is 50.8 Å². The predicted octanol–water partition coefficient (Wildman–Crippen LogP) is 2.36. The van der Waals surface area contributed by atoms with E-state index in [9.17, 15) is 18.0 Å². The van der Waals surface area contributed by atoms with Crippen molar-refractivity contribution >= 4 is 21.9 Å². The Balaban J connectivity index is 2.45. The van der Waals surface area contributed by atoms with E-state index in [0.29, 0.717) is 32.0 Å². The highest BCUT2D eigenvalue weighted by Crippen LogP contribution is 2.17. The molecule has 1 rings (SSSR count). The zero-order valence-corrected chi connectivity index (χ0v) is 18.0. The molecule has 28 heavy (non-hydrogen) atoms. The molecule has 0 spiro atoms. The van der Waals surface area contributed by atoms with Gasteiger partial charge in [-0.1, -0.05) is 39.8 Å². The Labute approximate surface area is 168 Å². The van der Waals surface area contributed by atoms with E-state index in [1.807, 2.05) is 0 Å². The maximum atomic E-state index is 12.4. The first-order valence-corrected chi connectivity index (χ1v) is 11.2. The SMILES string of the molecule is CCN(CC)S(=O)(=O)c1ccc(CCC(=O)OCC(=O)NCCC(C)C)cc1. The van der Waals surface area contributed by atoms with E-state index in [1.165, 1.54) is 4.31 Å². The van der Waals surface area contributed by atoms with E-state index in [1.54, 1.807) is 38.1 Å². The molecule has 0 bridgehead atoms. The minimum atomic E-state index is -3.48. The van der Waals surface area contributed by atoms with Crippen LogP contribution in [0.15, 0.2) is 29.2 Å². The van der Waals surface area contributed by atoms with Crippen molar-refractivity contribution in [2.75, 3.05) is 26.2 Å². The predicted molar refractivity (Wildman–Crippen MR) is 108 cm³/mol. The van der Waals surface area contributed by atoms with Gasteiger partial charge < -0.3 is 10.1 Å². The molecule has 0 heterocycles. The summed E-state index contributed by atoms with van der Waals surface area (Å²) in [5.41, 5.74) is 0.830. The maximum Gasteiger partial charge on any atom is 0.306 e. The van der Waals surface area contributed by atoms with Gasteiger partial charge in [-0.15, -0.1) is 0 Å². The number of esters is 1. The van der Waals surface area contributed by atoms with Crippen molar-refractivity contribution in [3.05, 3.63) is 29.8 Å². The van der Waals surface area contributed by atoms with Crippen molar-refractivity contribution in [3.63, 3.8) is 0 Å². The highest BCUT2D eigenvalue weighted by molar-refractivity contribution is 7.89. The summed E-state index contributed by atoms with van der Waals surface area (Å²) in [6.45, 7) is 8.84. The molecule has 1 N–H and O–H groups in total. The summed E-state index contributed by atoms with van der Waals surface area (Å²) in [4.78, 5) is 23.6. The van der Waals surface area contributed by atoms with Crippen molar-refractivity contribution in [1.29, 1.82) is 0 Å². The maximum absolute atomic E-state index is 12.4. The van der Waals surface area contributed by atoms with Crippen molar-refractivity contribution < 1.29 is 22.7 Å². The molecule has 1 aromatic carbocycles. The van der Waals surface area contributed by atoms with E-state index >= 15 is 0 Å². The van der Waals surface area contributed by atoms with E-state index in [4.69, 9.17) is 4.74 Å². The number of amides is 1. The quantitative estimate of drug-likeness (QED) is 0.532. The van der Waals surface area contributed by atoms with Gasteiger partial charge in [0.25, 0.3) is 5.91 Å². The molecule has 0 saturated heterocycles. The third kappa shape index (κ3) is 7.98. The van der Waals surface area contributed by atoms with E-state index in [0.717, 1.165) is 12.0 Å². The lowest BCUT2D eigenvalue weighted by Crippen LogP contribution is -2.30. The molecule has 0 fully saturated rings. The average Bonchev–Trinajstić information content (AvgIpc) is 2.65. The van der Waals surface area contributed by atoms with Crippen molar-refractivity contribution in [3.8, 4) is 0 Å². The molecular weight excluding hydrogens is 380 g/mol. The van der Waals surface area contributed by atoms with E-state index in [2.05, 4.69) is 19.2 Å². The molecule has 158 valence electrons. The Morgan fingerprint density at radius 2 is 1.71 bits per heavy atom. The lowest BCUT2D eigenvalue weighted by molar-refractivity contribution is -0.148. The lowest BCUT2D eigenvalue weighted by Gasteiger charge is -2.18. The third-order valence-electron chi connectivity index (χ3n) is 4.29. The number of benzene rings is 1. The second-order valence-electron chi connectivity index (χ2n) is 6.93. The van der Waals surface area contributed by atoms with Crippen LogP contribution >= 0.6 is 0 Å². The van der Waals surface area contributed by atoms with Crippen LogP contribution in [0.25, 0.3) is 0 Å². The minimum absolute atomic E-state index is 0.126. The summed E-state index contributed by atoms with van der Waals surface area (Å²) in [6.07, 6.45) is 1.42. The number of hydrogen-bond donors (Lipinski definition) is 1. The van der Waals surface area contributed by atoms with E-state index < -0.39 is 16.0 Å². The van der Waals surface area contributed by atoms with Crippen LogP contribution in [0.5, 0.6) is 0 Å². The molecule has 8 heteroatoms. The molecule has 0 radical (unpaired) electrons. The standard InChI is InChI=1S/C20H32N2O5S/c1-5-22(6-2)28(25,26)18-10-7-17(8-11-18)9-12-20(24)27-15-19(23)21-14-13-16(3)4/h7-8,10-11,16H,5-6,9,12-15H2,1-4H3,(H,21,23). The number of carbonyl (C=O) groups is 2. The normalized spacial score (nSPS) is 11.6. The average molecular weight is 413 g/mol. The lowest BCUT2D eigenvalue weighted by atomic mass is 10.1. The fraction of sp³-hybridized carbons (Fsp3) is 0.600. The molecule has 7 nitrogen and oxygen atoms in total. The minimum Gasteiger partial charge on any atom is -0.456 e. The Kier molecular flexibility index (Phi) is 10.2. The van der Waals surface area contributed by atoms with Crippen LogP contribution in [0.3, 0.4) is 0 Å². The van der Waals surface area contributed by atoms with Gasteiger partial charge in [0.05, 0.1) is 4.90 Å². The largest absolute Gasteiger partial charge is 0.456 e. The smallest absolute Gasteiger partial charge is 0.306 e. The Morgan fingerprint density at radius 3 is 2.25 bits per heavy atom. The zero-order valence-electron chi connectivity index (χ0n) is 17.2. The van der Waals surface area contributed by atoms with Gasteiger partial charge in [-0.25, -0.2) is 8.42 Å². The van der Waals surface area contributed by atoms with Crippen molar-refractivity contribution in [2.45, 2.75) is 51.9 Å². The Morgan fingerprint density at radius 1 is 1.11 bits per heavy atom. The summed E-state index contributed by atoms with van der Waals surface area (Å²) < 4.78 is 31.3. The number of hydrogen-bond acceptors (Lipinski definition) is 5. The number of nitrogens with one attached hydrogen (secondary N) is 1. The molecule has 0 aliphatic carbocycles. The van der Waals surface area contributed by atoms with Crippen molar-refractivity contribution in [1.82, 2.24) is 9.62 Å². The highest BCUT2D eigenvalue weighted by atomic mass is 32.2. The van der Waals surface area contributed by atoms with Crippen LogP contribution < -0.4 is 5.32 Å². The van der Waals surface area contributed by atoms with Gasteiger partial charge in [-0.05, 0) is 36.5 Å². The molecule has 0 aromatic heterocycles. The van der Waals surface area contributed by atoms with Gasteiger partial charge in [0.15, 0.2) is 6.61 Å². The van der Waals surface area contributed by atoms with Crippen LogP contribution in [0.1, 0.15) is 46.1 Å². The molecule has 0 aliphatic heterocycles. The van der Waals surface area contributed by atoms with Crippen LogP contribution in [-0.2, 0) is 30.8 Å². The molecule has 0 atom stereocenters. The molecular formula is C20H32N2O5S. The number of rotatable bonds is 12. The van der Waals surface area contributed by atoms with Gasteiger partial charge in [0.2, 0.25) is 10.0 Å². The van der Waals surface area contributed by atoms with Crippen molar-refractivity contribution in [2.24, 2.45) is 5.92 Å². The van der Waals surface area contributed by atoms with E-state index in [-0.39, 0.29) is 23.8 Å². The fourth-order valence-electron chi connectivity index (χ4n) is 2.56. The summed E-state index contributed by atoms with van der Waals surface area (Å²) in [5.74, 6) is -0.268. The van der Waals surface area contributed by atoms with Crippen LogP contribution in [0.4, 0.5) is 0 Å².